The third kappa shape index (κ3) is 2.34. The van der Waals surface area contributed by atoms with Crippen LogP contribution in [0.4, 0.5) is 5.69 Å². The van der Waals surface area contributed by atoms with Crippen molar-refractivity contribution in [1.82, 2.24) is 14.6 Å². The monoisotopic (exact) mass is 272 g/mol. The van der Waals surface area contributed by atoms with E-state index in [1.165, 1.54) is 11.3 Å². The molecule has 1 aromatic carbocycles. The van der Waals surface area contributed by atoms with Gasteiger partial charge in [0.1, 0.15) is 11.2 Å². The molecule has 6 heteroatoms. The summed E-state index contributed by atoms with van der Waals surface area (Å²) >= 11 is 1.40. The molecule has 3 rings (SSSR count). The summed E-state index contributed by atoms with van der Waals surface area (Å²) in [6.07, 6.45) is 1.63. The number of fused-ring (bicyclic) bond motifs is 1. The molecule has 0 aliphatic rings. The van der Waals surface area contributed by atoms with Crippen LogP contribution in [0.2, 0.25) is 0 Å². The number of hydrogen-bond donors (Lipinski definition) is 1. The summed E-state index contributed by atoms with van der Waals surface area (Å²) in [5.41, 5.74) is 5.07. The zero-order valence-corrected chi connectivity index (χ0v) is 11.4. The Balaban J connectivity index is 1.86. The molecule has 1 amide bonds. The Bertz CT molecular complexity index is 710. The molecule has 0 saturated heterocycles. The summed E-state index contributed by atoms with van der Waals surface area (Å²) in [7, 11) is 0. The van der Waals surface area contributed by atoms with Gasteiger partial charge in [0.05, 0.1) is 6.20 Å². The summed E-state index contributed by atoms with van der Waals surface area (Å²) in [6.45, 7) is 4.00. The predicted molar refractivity (Wildman–Crippen MR) is 74.7 cm³/mol. The molecule has 0 unspecified atom stereocenters. The van der Waals surface area contributed by atoms with Gasteiger partial charge in [0.15, 0.2) is 0 Å². The van der Waals surface area contributed by atoms with Gasteiger partial charge in [-0.1, -0.05) is 17.4 Å². The van der Waals surface area contributed by atoms with Crippen LogP contribution < -0.4 is 5.32 Å². The van der Waals surface area contributed by atoms with Gasteiger partial charge in [-0.05, 0) is 37.1 Å². The highest BCUT2D eigenvalue weighted by molar-refractivity contribution is 7.14. The van der Waals surface area contributed by atoms with E-state index in [0.29, 0.717) is 10.7 Å². The fraction of sp³-hybridized carbons (Fsp3) is 0.154. The second kappa shape index (κ2) is 4.47. The molecule has 1 N–H and O–H groups in total. The average Bonchev–Trinajstić information content (AvgIpc) is 2.86. The van der Waals surface area contributed by atoms with Crippen LogP contribution in [0.3, 0.4) is 0 Å². The van der Waals surface area contributed by atoms with Crippen LogP contribution in [0.5, 0.6) is 0 Å². The van der Waals surface area contributed by atoms with Crippen LogP contribution >= 0.6 is 11.3 Å². The molecule has 0 aliphatic carbocycles. The summed E-state index contributed by atoms with van der Waals surface area (Å²) < 4.78 is 1.60. The van der Waals surface area contributed by atoms with Gasteiger partial charge in [-0.15, -0.1) is 0 Å². The summed E-state index contributed by atoms with van der Waals surface area (Å²) in [4.78, 5) is 17.0. The minimum absolute atomic E-state index is 0.220. The van der Waals surface area contributed by atoms with Crippen LogP contribution in [-0.4, -0.2) is 20.5 Å². The van der Waals surface area contributed by atoms with Gasteiger partial charge in [0.2, 0.25) is 4.96 Å². The molecule has 0 saturated carbocycles. The number of amides is 1. The van der Waals surface area contributed by atoms with Gasteiger partial charge in [-0.3, -0.25) is 4.79 Å². The number of imidazole rings is 1. The Kier molecular flexibility index (Phi) is 2.79. The lowest BCUT2D eigenvalue weighted by Gasteiger charge is -2.05. The van der Waals surface area contributed by atoms with Crippen LogP contribution in [0.1, 0.15) is 21.6 Å². The Morgan fingerprint density at radius 1 is 1.26 bits per heavy atom. The van der Waals surface area contributed by atoms with Gasteiger partial charge in [-0.2, -0.15) is 5.10 Å². The first-order valence-corrected chi connectivity index (χ1v) is 6.68. The number of benzene rings is 1. The summed E-state index contributed by atoms with van der Waals surface area (Å²) in [5.74, 6) is -0.220. The van der Waals surface area contributed by atoms with E-state index in [4.69, 9.17) is 0 Å². The number of nitrogens with zero attached hydrogens (tertiary/aromatic N) is 3. The number of anilines is 1. The molecule has 0 fully saturated rings. The Morgan fingerprint density at radius 3 is 2.68 bits per heavy atom. The molecule has 0 atom stereocenters. The highest BCUT2D eigenvalue weighted by Crippen LogP contribution is 2.15. The van der Waals surface area contributed by atoms with Crippen molar-refractivity contribution in [1.29, 1.82) is 0 Å². The Morgan fingerprint density at radius 2 is 2.00 bits per heavy atom. The molecule has 96 valence electrons. The fourth-order valence-electron chi connectivity index (χ4n) is 1.99. The molecule has 3 aromatic rings. The van der Waals surface area contributed by atoms with Gasteiger partial charge in [0.25, 0.3) is 5.91 Å². The third-order valence-corrected chi connectivity index (χ3v) is 3.39. The first-order chi connectivity index (χ1) is 9.11. The van der Waals surface area contributed by atoms with Crippen molar-refractivity contribution >= 4 is 27.9 Å². The topological polar surface area (TPSA) is 59.3 Å². The fourth-order valence-corrected chi connectivity index (χ4v) is 2.59. The third-order valence-electron chi connectivity index (χ3n) is 2.70. The molecule has 2 heterocycles. The molecule has 2 aromatic heterocycles. The largest absolute Gasteiger partial charge is 0.321 e. The molecule has 0 spiro atoms. The number of hydrogen-bond acceptors (Lipinski definition) is 4. The van der Waals surface area contributed by atoms with Crippen molar-refractivity contribution in [3.63, 3.8) is 0 Å². The Labute approximate surface area is 113 Å². The van der Waals surface area contributed by atoms with Gasteiger partial charge >= 0.3 is 0 Å². The average molecular weight is 272 g/mol. The maximum Gasteiger partial charge on any atom is 0.275 e. The van der Waals surface area contributed by atoms with E-state index in [-0.39, 0.29) is 5.91 Å². The lowest BCUT2D eigenvalue weighted by atomic mass is 10.1. The predicted octanol–water partition coefficient (Wildman–Crippen LogP) is 2.66. The summed E-state index contributed by atoms with van der Waals surface area (Å²) in [6, 6.07) is 5.93. The van der Waals surface area contributed by atoms with Crippen LogP contribution in [0.25, 0.3) is 4.96 Å². The van der Waals surface area contributed by atoms with E-state index < -0.39 is 0 Å². The van der Waals surface area contributed by atoms with Crippen LogP contribution in [-0.2, 0) is 0 Å². The standard InChI is InChI=1S/C13H12N4OS/c1-8-3-9(2)5-10(4-8)15-12(18)11-6-17-13(16-11)19-7-14-17/h3-7H,1-2H3,(H,15,18). The molecule has 0 bridgehead atoms. The number of aromatic nitrogens is 3. The normalized spacial score (nSPS) is 10.8. The number of carbonyl (C=O) groups excluding carboxylic acids is 1. The second-order valence-corrected chi connectivity index (χ2v) is 5.23. The van der Waals surface area contributed by atoms with Crippen molar-refractivity contribution in [2.75, 3.05) is 5.32 Å². The van der Waals surface area contributed by atoms with E-state index in [9.17, 15) is 4.79 Å². The number of aryl methyl sites for hydroxylation is 2. The number of nitrogens with one attached hydrogen (secondary N) is 1. The lowest BCUT2D eigenvalue weighted by molar-refractivity contribution is 0.102. The second-order valence-electron chi connectivity index (χ2n) is 4.42. The molecule has 0 aliphatic heterocycles. The van der Waals surface area contributed by atoms with Gasteiger partial charge in [-0.25, -0.2) is 9.50 Å². The van der Waals surface area contributed by atoms with Crippen LogP contribution in [0, 0.1) is 13.8 Å². The minimum Gasteiger partial charge on any atom is -0.321 e. The lowest BCUT2D eigenvalue weighted by Crippen LogP contribution is -2.12. The zero-order valence-electron chi connectivity index (χ0n) is 10.5. The maximum absolute atomic E-state index is 12.1. The summed E-state index contributed by atoms with van der Waals surface area (Å²) in [5, 5.41) is 6.90. The number of rotatable bonds is 2. The minimum atomic E-state index is -0.220. The number of carbonyl (C=O) groups is 1. The van der Waals surface area contributed by atoms with E-state index >= 15 is 0 Å². The van der Waals surface area contributed by atoms with E-state index in [1.807, 2.05) is 26.0 Å². The SMILES string of the molecule is Cc1cc(C)cc(NC(=O)c2cn3ncsc3n2)c1. The van der Waals surface area contributed by atoms with Gasteiger partial charge in [0, 0.05) is 5.69 Å². The molecule has 0 radical (unpaired) electrons. The quantitative estimate of drug-likeness (QED) is 0.780. The molecular formula is C13H12N4OS. The smallest absolute Gasteiger partial charge is 0.275 e. The van der Waals surface area contributed by atoms with Crippen molar-refractivity contribution in [3.8, 4) is 0 Å². The van der Waals surface area contributed by atoms with E-state index in [0.717, 1.165) is 16.8 Å². The first-order valence-electron chi connectivity index (χ1n) is 5.80. The van der Waals surface area contributed by atoms with Crippen molar-refractivity contribution in [2.24, 2.45) is 0 Å². The maximum atomic E-state index is 12.1. The zero-order chi connectivity index (χ0) is 13.4. The highest BCUT2D eigenvalue weighted by atomic mass is 32.1. The first kappa shape index (κ1) is 11.9. The van der Waals surface area contributed by atoms with Crippen molar-refractivity contribution < 1.29 is 4.79 Å². The van der Waals surface area contributed by atoms with Crippen molar-refractivity contribution in [3.05, 3.63) is 46.7 Å². The molecule has 19 heavy (non-hydrogen) atoms. The van der Waals surface area contributed by atoms with Crippen molar-refractivity contribution in [2.45, 2.75) is 13.8 Å². The van der Waals surface area contributed by atoms with Gasteiger partial charge < -0.3 is 5.32 Å². The Hall–Kier alpha value is -2.21. The molecular weight excluding hydrogens is 260 g/mol. The molecule has 5 nitrogen and oxygen atoms in total. The van der Waals surface area contributed by atoms with E-state index in [2.05, 4.69) is 21.5 Å². The van der Waals surface area contributed by atoms with Crippen LogP contribution in [0.15, 0.2) is 29.9 Å². The highest BCUT2D eigenvalue weighted by Gasteiger charge is 2.12. The van der Waals surface area contributed by atoms with E-state index in [1.54, 1.807) is 16.2 Å².